The Morgan fingerprint density at radius 1 is 0.852 bits per heavy atom. The molecule has 27 heavy (non-hydrogen) atoms. The van der Waals surface area contributed by atoms with E-state index in [9.17, 15) is 8.42 Å². The molecule has 0 atom stereocenters. The molecule has 0 amide bonds. The number of piperazine rings is 1. The van der Waals surface area contributed by atoms with Crippen LogP contribution in [0.4, 0.5) is 0 Å². The van der Waals surface area contributed by atoms with Gasteiger partial charge in [-0.2, -0.15) is 8.42 Å². The topological polar surface area (TPSA) is 59.1 Å². The van der Waals surface area contributed by atoms with Crippen molar-refractivity contribution in [2.45, 2.75) is 6.54 Å². The zero-order chi connectivity index (χ0) is 19.1. The molecule has 2 aromatic carbocycles. The molecule has 0 radical (unpaired) electrons. The number of ether oxygens (including phenoxy) is 1. The fourth-order valence-electron chi connectivity index (χ4n) is 3.07. The fraction of sp³-hybridized carbons (Fsp3) is 0.400. The second-order valence-corrected chi connectivity index (χ2v) is 8.31. The van der Waals surface area contributed by atoms with Crippen molar-refractivity contribution >= 4 is 10.1 Å². The Hall–Kier alpha value is -2.09. The van der Waals surface area contributed by atoms with Crippen molar-refractivity contribution in [3.05, 3.63) is 60.2 Å². The lowest BCUT2D eigenvalue weighted by Gasteiger charge is -2.34. The van der Waals surface area contributed by atoms with Crippen LogP contribution in [0.5, 0.6) is 11.5 Å². The first-order valence-corrected chi connectivity index (χ1v) is 10.7. The van der Waals surface area contributed by atoms with Gasteiger partial charge in [0.2, 0.25) is 0 Å². The highest BCUT2D eigenvalue weighted by molar-refractivity contribution is 7.87. The fourth-order valence-corrected chi connectivity index (χ4v) is 4.03. The average Bonchev–Trinajstić information content (AvgIpc) is 2.69. The third-order valence-corrected chi connectivity index (χ3v) is 5.78. The van der Waals surface area contributed by atoms with Gasteiger partial charge in [0, 0.05) is 39.3 Å². The van der Waals surface area contributed by atoms with E-state index in [4.69, 9.17) is 8.92 Å². The average molecular weight is 391 g/mol. The number of hydrogen-bond acceptors (Lipinski definition) is 6. The second kappa shape index (κ2) is 9.21. The molecule has 6 nitrogen and oxygen atoms in total. The number of nitrogens with zero attached hydrogens (tertiary/aromatic N) is 2. The summed E-state index contributed by atoms with van der Waals surface area (Å²) in [6.07, 6.45) is 0. The van der Waals surface area contributed by atoms with Crippen molar-refractivity contribution in [1.82, 2.24) is 9.80 Å². The summed E-state index contributed by atoms with van der Waals surface area (Å²) in [4.78, 5) is 4.56. The minimum atomic E-state index is -3.57. The number of hydrogen-bond donors (Lipinski definition) is 0. The summed E-state index contributed by atoms with van der Waals surface area (Å²) in [7, 11) is -1.90. The Labute approximate surface area is 161 Å². The van der Waals surface area contributed by atoms with Crippen molar-refractivity contribution in [2.24, 2.45) is 0 Å². The Bertz CT molecular complexity index is 802. The highest BCUT2D eigenvalue weighted by Crippen LogP contribution is 2.15. The van der Waals surface area contributed by atoms with Gasteiger partial charge < -0.3 is 8.92 Å². The molecular formula is C20H26N2O4S. The van der Waals surface area contributed by atoms with E-state index in [2.05, 4.69) is 21.9 Å². The lowest BCUT2D eigenvalue weighted by molar-refractivity contribution is 0.132. The number of rotatable bonds is 8. The van der Waals surface area contributed by atoms with Gasteiger partial charge in [-0.15, -0.1) is 0 Å². The predicted octanol–water partition coefficient (Wildman–Crippen LogP) is 2.22. The quantitative estimate of drug-likeness (QED) is 0.644. The van der Waals surface area contributed by atoms with Crippen LogP contribution in [-0.2, 0) is 16.7 Å². The summed E-state index contributed by atoms with van der Waals surface area (Å²) in [6, 6.07) is 16.7. The molecule has 1 aliphatic rings. The van der Waals surface area contributed by atoms with Crippen LogP contribution in [0.15, 0.2) is 54.6 Å². The van der Waals surface area contributed by atoms with Crippen molar-refractivity contribution in [1.29, 1.82) is 0 Å². The van der Waals surface area contributed by atoms with Crippen molar-refractivity contribution in [3.63, 3.8) is 0 Å². The van der Waals surface area contributed by atoms with Gasteiger partial charge in [-0.1, -0.05) is 30.3 Å². The molecule has 146 valence electrons. The third-order valence-electron chi connectivity index (χ3n) is 4.65. The van der Waals surface area contributed by atoms with Crippen molar-refractivity contribution < 1.29 is 17.3 Å². The van der Waals surface area contributed by atoms with E-state index in [0.717, 1.165) is 38.5 Å². The molecule has 1 heterocycles. The molecule has 3 rings (SSSR count). The summed E-state index contributed by atoms with van der Waals surface area (Å²) in [5.74, 6) is 1.23. The Kier molecular flexibility index (Phi) is 6.71. The molecule has 1 saturated heterocycles. The summed E-state index contributed by atoms with van der Waals surface area (Å²) >= 11 is 0. The van der Waals surface area contributed by atoms with Crippen LogP contribution in [0.25, 0.3) is 0 Å². The van der Waals surface area contributed by atoms with E-state index in [1.165, 1.54) is 5.56 Å². The summed E-state index contributed by atoms with van der Waals surface area (Å²) < 4.78 is 34.6. The van der Waals surface area contributed by atoms with Gasteiger partial charge in [0.15, 0.2) is 0 Å². The maximum atomic E-state index is 12.1. The molecular weight excluding hydrogens is 364 g/mol. The van der Waals surface area contributed by atoms with E-state index in [1.807, 2.05) is 18.2 Å². The van der Waals surface area contributed by atoms with Gasteiger partial charge in [-0.3, -0.25) is 9.80 Å². The zero-order valence-electron chi connectivity index (χ0n) is 15.6. The molecule has 0 aromatic heterocycles. The first kappa shape index (κ1) is 19.7. The lowest BCUT2D eigenvalue weighted by atomic mass is 10.2. The van der Waals surface area contributed by atoms with E-state index >= 15 is 0 Å². The first-order chi connectivity index (χ1) is 13.0. The predicted molar refractivity (Wildman–Crippen MR) is 106 cm³/mol. The van der Waals surface area contributed by atoms with Crippen molar-refractivity contribution in [2.75, 3.05) is 45.6 Å². The monoisotopic (exact) mass is 390 g/mol. The molecule has 7 heteroatoms. The molecule has 0 N–H and O–H groups in total. The van der Waals surface area contributed by atoms with Crippen LogP contribution in [0.1, 0.15) is 5.56 Å². The Morgan fingerprint density at radius 3 is 2.11 bits per heavy atom. The van der Waals surface area contributed by atoms with Gasteiger partial charge in [-0.05, 0) is 29.8 Å². The normalized spacial score (nSPS) is 16.2. The van der Waals surface area contributed by atoms with Crippen LogP contribution in [-0.4, -0.2) is 63.8 Å². The van der Waals surface area contributed by atoms with E-state index in [0.29, 0.717) is 12.3 Å². The molecule has 2 aromatic rings. The van der Waals surface area contributed by atoms with Crippen molar-refractivity contribution in [3.8, 4) is 11.5 Å². The molecule has 0 saturated carbocycles. The number of para-hydroxylation sites is 1. The number of benzene rings is 2. The second-order valence-electron chi connectivity index (χ2n) is 6.62. The van der Waals surface area contributed by atoms with Crippen LogP contribution < -0.4 is 8.92 Å². The maximum Gasteiger partial charge on any atom is 0.310 e. The van der Waals surface area contributed by atoms with Gasteiger partial charge in [-0.25, -0.2) is 0 Å². The molecule has 0 unspecified atom stereocenters. The van der Waals surface area contributed by atoms with Gasteiger partial charge >= 0.3 is 10.1 Å². The van der Waals surface area contributed by atoms with Crippen LogP contribution >= 0.6 is 0 Å². The highest BCUT2D eigenvalue weighted by atomic mass is 32.2. The van der Waals surface area contributed by atoms with E-state index in [-0.39, 0.29) is 5.75 Å². The molecule has 0 bridgehead atoms. The molecule has 1 aliphatic heterocycles. The first-order valence-electron chi connectivity index (χ1n) is 9.09. The summed E-state index contributed by atoms with van der Waals surface area (Å²) in [5, 5.41) is 0. The van der Waals surface area contributed by atoms with Crippen LogP contribution in [0.2, 0.25) is 0 Å². The number of methoxy groups -OCH3 is 1. The SMILES string of the molecule is COc1ccc(CN2CCN(CCS(=O)(=O)Oc3ccccc3)CC2)cc1. The van der Waals surface area contributed by atoms with Crippen LogP contribution in [0, 0.1) is 0 Å². The molecule has 0 spiro atoms. The minimum absolute atomic E-state index is 0.000371. The lowest BCUT2D eigenvalue weighted by Crippen LogP contribution is -2.47. The molecule has 0 aliphatic carbocycles. The van der Waals surface area contributed by atoms with E-state index < -0.39 is 10.1 Å². The minimum Gasteiger partial charge on any atom is -0.497 e. The smallest absolute Gasteiger partial charge is 0.310 e. The standard InChI is InChI=1S/C20H26N2O4S/c1-25-19-9-7-18(8-10-19)17-22-13-11-21(12-14-22)15-16-27(23,24)26-20-5-3-2-4-6-20/h2-10H,11-17H2,1H3. The zero-order valence-corrected chi connectivity index (χ0v) is 16.4. The van der Waals surface area contributed by atoms with Gasteiger partial charge in [0.05, 0.1) is 12.9 Å². The highest BCUT2D eigenvalue weighted by Gasteiger charge is 2.20. The summed E-state index contributed by atoms with van der Waals surface area (Å²) in [6.45, 7) is 4.95. The Balaban J connectivity index is 1.41. The summed E-state index contributed by atoms with van der Waals surface area (Å²) in [5.41, 5.74) is 1.25. The largest absolute Gasteiger partial charge is 0.497 e. The Morgan fingerprint density at radius 2 is 1.48 bits per heavy atom. The molecule has 1 fully saturated rings. The van der Waals surface area contributed by atoms with Gasteiger partial charge in [0.1, 0.15) is 11.5 Å². The maximum absolute atomic E-state index is 12.1. The van der Waals surface area contributed by atoms with Gasteiger partial charge in [0.25, 0.3) is 0 Å². The van der Waals surface area contributed by atoms with Crippen LogP contribution in [0.3, 0.4) is 0 Å². The van der Waals surface area contributed by atoms with E-state index in [1.54, 1.807) is 31.4 Å². The third kappa shape index (κ3) is 6.23.